The van der Waals surface area contributed by atoms with Crippen molar-refractivity contribution in [1.29, 1.82) is 0 Å². The maximum atomic E-state index is 12.6. The number of alkyl halides is 3. The first-order valence-corrected chi connectivity index (χ1v) is 5.29. The maximum absolute atomic E-state index is 12.6. The molecule has 4 nitrogen and oxygen atoms in total. The number of aromatic amines is 1. The predicted octanol–water partition coefficient (Wildman–Crippen LogP) is 1.85. The maximum Gasteiger partial charge on any atom is 0.416 e. The molecule has 0 saturated carbocycles. The van der Waals surface area contributed by atoms with Gasteiger partial charge in [0.05, 0.1) is 11.3 Å². The number of hydrogen-bond acceptors (Lipinski definition) is 2. The Bertz CT molecular complexity index is 729. The van der Waals surface area contributed by atoms with Gasteiger partial charge in [0, 0.05) is 12.3 Å². The molecule has 2 aromatic rings. The van der Waals surface area contributed by atoms with Gasteiger partial charge < -0.3 is 0 Å². The van der Waals surface area contributed by atoms with Crippen molar-refractivity contribution in [1.82, 2.24) is 9.55 Å². The molecular formula is C12H9F3N2O2. The molecule has 0 amide bonds. The molecule has 1 aromatic carbocycles. The highest BCUT2D eigenvalue weighted by Crippen LogP contribution is 2.31. The average molecular weight is 270 g/mol. The number of hydrogen-bond donors (Lipinski definition) is 1. The zero-order chi connectivity index (χ0) is 14.2. The van der Waals surface area contributed by atoms with Crippen molar-refractivity contribution in [2.45, 2.75) is 13.1 Å². The van der Waals surface area contributed by atoms with E-state index in [1.54, 1.807) is 6.92 Å². The van der Waals surface area contributed by atoms with Gasteiger partial charge in [-0.25, -0.2) is 4.79 Å². The van der Waals surface area contributed by atoms with Crippen LogP contribution in [0.3, 0.4) is 0 Å². The normalized spacial score (nSPS) is 11.6. The van der Waals surface area contributed by atoms with Crippen LogP contribution in [0.2, 0.25) is 0 Å². The third-order valence-corrected chi connectivity index (χ3v) is 2.62. The van der Waals surface area contributed by atoms with Crippen LogP contribution in [0.4, 0.5) is 13.2 Å². The Balaban J connectivity index is 2.68. The first kappa shape index (κ1) is 13.1. The molecule has 0 spiro atoms. The number of aryl methyl sites for hydroxylation is 1. The van der Waals surface area contributed by atoms with Crippen LogP contribution in [0.25, 0.3) is 5.69 Å². The number of H-pyrrole nitrogens is 1. The zero-order valence-corrected chi connectivity index (χ0v) is 9.78. The molecule has 0 aliphatic rings. The fourth-order valence-electron chi connectivity index (χ4n) is 1.65. The molecule has 2 rings (SSSR count). The first-order chi connectivity index (χ1) is 8.79. The van der Waals surface area contributed by atoms with E-state index in [4.69, 9.17) is 0 Å². The summed E-state index contributed by atoms with van der Waals surface area (Å²) in [5, 5.41) is 0. The van der Waals surface area contributed by atoms with Crippen molar-refractivity contribution in [2.75, 3.05) is 0 Å². The van der Waals surface area contributed by atoms with Crippen LogP contribution in [0.1, 0.15) is 11.1 Å². The van der Waals surface area contributed by atoms with E-state index in [1.165, 1.54) is 6.07 Å². The molecule has 0 aliphatic heterocycles. The fraction of sp³-hybridized carbons (Fsp3) is 0.167. The van der Waals surface area contributed by atoms with Crippen LogP contribution in [0.5, 0.6) is 0 Å². The van der Waals surface area contributed by atoms with Crippen molar-refractivity contribution in [3.8, 4) is 5.69 Å². The predicted molar refractivity (Wildman–Crippen MR) is 62.4 cm³/mol. The van der Waals surface area contributed by atoms with E-state index in [0.717, 1.165) is 29.0 Å². The van der Waals surface area contributed by atoms with Gasteiger partial charge in [0.25, 0.3) is 5.56 Å². The van der Waals surface area contributed by atoms with E-state index in [2.05, 4.69) is 0 Å². The highest BCUT2D eigenvalue weighted by atomic mass is 19.4. The van der Waals surface area contributed by atoms with E-state index in [9.17, 15) is 22.8 Å². The lowest BCUT2D eigenvalue weighted by Gasteiger charge is -2.12. The van der Waals surface area contributed by atoms with Gasteiger partial charge in [-0.2, -0.15) is 13.2 Å². The molecule has 0 fully saturated rings. The van der Waals surface area contributed by atoms with Crippen molar-refractivity contribution in [3.63, 3.8) is 0 Å². The lowest BCUT2D eigenvalue weighted by Crippen LogP contribution is -2.28. The Hall–Kier alpha value is -2.31. The molecule has 7 heteroatoms. The number of rotatable bonds is 1. The average Bonchev–Trinajstić information content (AvgIpc) is 2.29. The second-order valence-electron chi connectivity index (χ2n) is 3.98. The Morgan fingerprint density at radius 2 is 1.84 bits per heavy atom. The minimum absolute atomic E-state index is 0.0797. The highest BCUT2D eigenvalue weighted by molar-refractivity contribution is 5.44. The van der Waals surface area contributed by atoms with Crippen LogP contribution in [-0.4, -0.2) is 9.55 Å². The summed E-state index contributed by atoms with van der Waals surface area (Å²) in [6.45, 7) is 1.58. The summed E-state index contributed by atoms with van der Waals surface area (Å²) >= 11 is 0. The molecule has 0 aliphatic carbocycles. The lowest BCUT2D eigenvalue weighted by molar-refractivity contribution is -0.137. The number of aromatic nitrogens is 2. The Morgan fingerprint density at radius 3 is 2.42 bits per heavy atom. The van der Waals surface area contributed by atoms with Gasteiger partial charge in [-0.05, 0) is 24.6 Å². The van der Waals surface area contributed by atoms with E-state index in [0.29, 0.717) is 5.56 Å². The van der Waals surface area contributed by atoms with Gasteiger partial charge in [0.2, 0.25) is 0 Å². The monoisotopic (exact) mass is 270 g/mol. The van der Waals surface area contributed by atoms with E-state index in [1.807, 2.05) is 4.98 Å². The molecule has 1 heterocycles. The molecule has 0 unspecified atom stereocenters. The summed E-state index contributed by atoms with van der Waals surface area (Å²) in [5.41, 5.74) is -1.68. The molecule has 1 N–H and O–H groups in total. The van der Waals surface area contributed by atoms with Crippen LogP contribution in [-0.2, 0) is 6.18 Å². The largest absolute Gasteiger partial charge is 0.416 e. The van der Waals surface area contributed by atoms with Gasteiger partial charge in [0.1, 0.15) is 0 Å². The van der Waals surface area contributed by atoms with Crippen LogP contribution < -0.4 is 11.2 Å². The SMILES string of the molecule is Cc1ccc(C(F)(F)F)cc1-n1ccc(=O)[nH]c1=O. The summed E-state index contributed by atoms with van der Waals surface area (Å²) in [4.78, 5) is 24.5. The Kier molecular flexibility index (Phi) is 3.05. The fourth-order valence-corrected chi connectivity index (χ4v) is 1.65. The van der Waals surface area contributed by atoms with Crippen LogP contribution >= 0.6 is 0 Å². The standard InChI is InChI=1S/C12H9F3N2O2/c1-7-2-3-8(12(13,14)15)6-9(7)17-5-4-10(18)16-11(17)19/h2-6H,1H3,(H,16,18,19). The Morgan fingerprint density at radius 1 is 1.16 bits per heavy atom. The highest BCUT2D eigenvalue weighted by Gasteiger charge is 2.31. The summed E-state index contributed by atoms with van der Waals surface area (Å²) < 4.78 is 38.9. The number of halogens is 3. The van der Waals surface area contributed by atoms with Crippen molar-refractivity contribution < 1.29 is 13.2 Å². The molecular weight excluding hydrogens is 261 g/mol. The third-order valence-electron chi connectivity index (χ3n) is 2.62. The number of benzene rings is 1. The van der Waals surface area contributed by atoms with Crippen LogP contribution in [0, 0.1) is 6.92 Å². The molecule has 0 radical (unpaired) electrons. The minimum Gasteiger partial charge on any atom is -0.274 e. The molecule has 0 atom stereocenters. The number of nitrogens with one attached hydrogen (secondary N) is 1. The first-order valence-electron chi connectivity index (χ1n) is 5.29. The minimum atomic E-state index is -4.49. The van der Waals surface area contributed by atoms with Crippen LogP contribution in [0.15, 0.2) is 40.1 Å². The van der Waals surface area contributed by atoms with Gasteiger partial charge in [-0.1, -0.05) is 6.07 Å². The third kappa shape index (κ3) is 2.59. The van der Waals surface area contributed by atoms with Gasteiger partial charge in [-0.3, -0.25) is 14.3 Å². The lowest BCUT2D eigenvalue weighted by atomic mass is 10.1. The second kappa shape index (κ2) is 4.42. The van der Waals surface area contributed by atoms with E-state index >= 15 is 0 Å². The van der Waals surface area contributed by atoms with E-state index < -0.39 is 23.0 Å². The zero-order valence-electron chi connectivity index (χ0n) is 9.78. The number of nitrogens with zero attached hydrogens (tertiary/aromatic N) is 1. The van der Waals surface area contributed by atoms with Gasteiger partial charge >= 0.3 is 11.9 Å². The van der Waals surface area contributed by atoms with Crippen molar-refractivity contribution in [2.24, 2.45) is 0 Å². The molecule has 100 valence electrons. The smallest absolute Gasteiger partial charge is 0.274 e. The second-order valence-corrected chi connectivity index (χ2v) is 3.98. The van der Waals surface area contributed by atoms with Gasteiger partial charge in [0.15, 0.2) is 0 Å². The summed E-state index contributed by atoms with van der Waals surface area (Å²) in [7, 11) is 0. The van der Waals surface area contributed by atoms with Crippen molar-refractivity contribution in [3.05, 3.63) is 62.4 Å². The molecule has 19 heavy (non-hydrogen) atoms. The van der Waals surface area contributed by atoms with Gasteiger partial charge in [-0.15, -0.1) is 0 Å². The summed E-state index contributed by atoms with van der Waals surface area (Å²) in [5.74, 6) is 0. The molecule has 0 saturated heterocycles. The summed E-state index contributed by atoms with van der Waals surface area (Å²) in [6.07, 6.45) is -3.35. The summed E-state index contributed by atoms with van der Waals surface area (Å²) in [6, 6.07) is 4.15. The topological polar surface area (TPSA) is 54.9 Å². The Labute approximate surface area is 105 Å². The quantitative estimate of drug-likeness (QED) is 0.859. The molecule has 0 bridgehead atoms. The van der Waals surface area contributed by atoms with E-state index in [-0.39, 0.29) is 5.69 Å². The van der Waals surface area contributed by atoms with Crippen molar-refractivity contribution >= 4 is 0 Å². The molecule has 1 aromatic heterocycles.